The number of hydrogen-bond donors (Lipinski definition) is 0. The molecule has 0 N–H and O–H groups in total. The van der Waals surface area contributed by atoms with Crippen LogP contribution in [0.1, 0.15) is 50.6 Å². The summed E-state index contributed by atoms with van der Waals surface area (Å²) in [4.78, 5) is 2.53. The van der Waals surface area contributed by atoms with E-state index in [1.54, 1.807) is 0 Å². The van der Waals surface area contributed by atoms with Crippen molar-refractivity contribution in [1.82, 2.24) is 4.90 Å². The second-order valence-electron chi connectivity index (χ2n) is 5.22. The van der Waals surface area contributed by atoms with Gasteiger partial charge in [0, 0.05) is 12.1 Å². The van der Waals surface area contributed by atoms with Crippen molar-refractivity contribution in [2.24, 2.45) is 0 Å². The van der Waals surface area contributed by atoms with Crippen LogP contribution in [0.4, 0.5) is 0 Å². The molecule has 1 aromatic rings. The number of hydrogen-bond acceptors (Lipinski definition) is 2. The molecule has 1 heterocycles. The van der Waals surface area contributed by atoms with E-state index >= 15 is 0 Å². The largest absolute Gasteiger partial charge is 0.293 e. The van der Waals surface area contributed by atoms with E-state index in [1.165, 1.54) is 31.2 Å². The highest BCUT2D eigenvalue weighted by atomic mass is 15.2. The van der Waals surface area contributed by atoms with Crippen LogP contribution in [0.5, 0.6) is 0 Å². The molecule has 0 aliphatic carbocycles. The Morgan fingerprint density at radius 3 is 2.78 bits per heavy atom. The molecule has 1 fully saturated rings. The highest BCUT2D eigenvalue weighted by Gasteiger charge is 2.25. The first kappa shape index (κ1) is 13.1. The van der Waals surface area contributed by atoms with Crippen molar-refractivity contribution in [2.45, 2.75) is 51.1 Å². The predicted octanol–water partition coefficient (Wildman–Crippen LogP) is 3.91. The predicted molar refractivity (Wildman–Crippen MR) is 74.0 cm³/mol. The maximum absolute atomic E-state index is 9.11. The Morgan fingerprint density at radius 2 is 2.06 bits per heavy atom. The average Bonchev–Trinajstić information content (AvgIpc) is 2.62. The summed E-state index contributed by atoms with van der Waals surface area (Å²) in [6.07, 6.45) is 5.77. The van der Waals surface area contributed by atoms with Gasteiger partial charge in [0.25, 0.3) is 0 Å². The van der Waals surface area contributed by atoms with Crippen LogP contribution < -0.4 is 0 Å². The van der Waals surface area contributed by atoms with E-state index in [0.29, 0.717) is 12.5 Å². The molecule has 2 unspecified atom stereocenters. The van der Waals surface area contributed by atoms with Gasteiger partial charge in [-0.3, -0.25) is 4.90 Å². The van der Waals surface area contributed by atoms with Crippen LogP contribution in [0.3, 0.4) is 0 Å². The van der Waals surface area contributed by atoms with Gasteiger partial charge in [-0.05, 0) is 31.9 Å². The lowest BCUT2D eigenvalue weighted by Crippen LogP contribution is -2.36. The van der Waals surface area contributed by atoms with Gasteiger partial charge in [0.2, 0.25) is 0 Å². The first-order chi connectivity index (χ1) is 8.83. The fraction of sp³-hybridized carbons (Fsp3) is 0.562. The minimum Gasteiger partial charge on any atom is -0.293 e. The molecule has 18 heavy (non-hydrogen) atoms. The highest BCUT2D eigenvalue weighted by Crippen LogP contribution is 2.29. The molecule has 0 bridgehead atoms. The van der Waals surface area contributed by atoms with Crippen LogP contribution >= 0.6 is 0 Å². The van der Waals surface area contributed by atoms with E-state index in [2.05, 4.69) is 42.2 Å². The first-order valence-electron chi connectivity index (χ1n) is 7.00. The maximum atomic E-state index is 9.11. The summed E-state index contributed by atoms with van der Waals surface area (Å²) in [5.74, 6) is 0. The molecule has 1 saturated heterocycles. The summed E-state index contributed by atoms with van der Waals surface area (Å²) in [5, 5.41) is 9.11. The third-order valence-electron chi connectivity index (χ3n) is 3.97. The summed E-state index contributed by atoms with van der Waals surface area (Å²) in [6, 6.07) is 13.7. The number of nitriles is 1. The molecule has 1 aliphatic rings. The Labute approximate surface area is 110 Å². The molecular formula is C16H22N2. The third-order valence-corrected chi connectivity index (χ3v) is 3.97. The first-order valence-corrected chi connectivity index (χ1v) is 7.00. The maximum Gasteiger partial charge on any atom is 0.0641 e. The fourth-order valence-corrected chi connectivity index (χ4v) is 2.95. The third kappa shape index (κ3) is 3.11. The number of benzene rings is 1. The molecule has 1 aliphatic heterocycles. The summed E-state index contributed by atoms with van der Waals surface area (Å²) < 4.78 is 0. The van der Waals surface area contributed by atoms with Gasteiger partial charge in [-0.15, -0.1) is 0 Å². The van der Waals surface area contributed by atoms with Gasteiger partial charge >= 0.3 is 0 Å². The molecule has 0 saturated carbocycles. The Balaban J connectivity index is 2.21. The topological polar surface area (TPSA) is 27.0 Å². The molecular weight excluding hydrogens is 220 g/mol. The molecule has 0 aromatic heterocycles. The summed E-state index contributed by atoms with van der Waals surface area (Å²) in [7, 11) is 0. The molecule has 2 nitrogen and oxygen atoms in total. The SMILES string of the molecule is CC1CCCCCN1C(CC#N)c1ccccc1. The van der Waals surface area contributed by atoms with Crippen molar-refractivity contribution in [3.8, 4) is 6.07 Å². The van der Waals surface area contributed by atoms with Crippen molar-refractivity contribution < 1.29 is 0 Å². The van der Waals surface area contributed by atoms with Gasteiger partial charge in [0.1, 0.15) is 0 Å². The second kappa shape index (κ2) is 6.56. The van der Waals surface area contributed by atoms with E-state index < -0.39 is 0 Å². The van der Waals surface area contributed by atoms with Crippen molar-refractivity contribution in [1.29, 1.82) is 5.26 Å². The van der Waals surface area contributed by atoms with Crippen molar-refractivity contribution in [3.05, 3.63) is 35.9 Å². The molecule has 0 spiro atoms. The van der Waals surface area contributed by atoms with Crippen molar-refractivity contribution in [3.63, 3.8) is 0 Å². The van der Waals surface area contributed by atoms with Crippen LogP contribution in [0.25, 0.3) is 0 Å². The van der Waals surface area contributed by atoms with Gasteiger partial charge in [-0.25, -0.2) is 0 Å². The van der Waals surface area contributed by atoms with Crippen LogP contribution in [-0.4, -0.2) is 17.5 Å². The lowest BCUT2D eigenvalue weighted by atomic mass is 10.0. The number of nitrogens with zero attached hydrogens (tertiary/aromatic N) is 2. The smallest absolute Gasteiger partial charge is 0.0641 e. The normalized spacial score (nSPS) is 23.0. The minimum atomic E-state index is 0.268. The van der Waals surface area contributed by atoms with Crippen molar-refractivity contribution >= 4 is 0 Å². The average molecular weight is 242 g/mol. The zero-order valence-electron chi connectivity index (χ0n) is 11.2. The van der Waals surface area contributed by atoms with E-state index in [0.717, 1.165) is 6.54 Å². The van der Waals surface area contributed by atoms with Gasteiger partial charge < -0.3 is 0 Å². The van der Waals surface area contributed by atoms with Gasteiger partial charge in [0.05, 0.1) is 12.5 Å². The van der Waals surface area contributed by atoms with E-state index in [1.807, 2.05) is 6.07 Å². The Morgan fingerprint density at radius 1 is 1.28 bits per heavy atom. The van der Waals surface area contributed by atoms with Gasteiger partial charge in [0.15, 0.2) is 0 Å². The molecule has 2 atom stereocenters. The minimum absolute atomic E-state index is 0.268. The van der Waals surface area contributed by atoms with E-state index in [-0.39, 0.29) is 6.04 Å². The Hall–Kier alpha value is -1.33. The van der Waals surface area contributed by atoms with E-state index in [9.17, 15) is 0 Å². The van der Waals surface area contributed by atoms with Gasteiger partial charge in [-0.2, -0.15) is 5.26 Å². The molecule has 1 aromatic carbocycles. The molecule has 0 amide bonds. The van der Waals surface area contributed by atoms with Crippen LogP contribution in [0.15, 0.2) is 30.3 Å². The standard InChI is InChI=1S/C16H22N2/c1-14-8-4-3-7-13-18(14)16(11-12-17)15-9-5-2-6-10-15/h2,5-6,9-10,14,16H,3-4,7-8,11,13H2,1H3. The number of likely N-dealkylation sites (tertiary alicyclic amines) is 1. The molecule has 96 valence electrons. The van der Waals surface area contributed by atoms with Crippen LogP contribution in [-0.2, 0) is 0 Å². The van der Waals surface area contributed by atoms with Crippen molar-refractivity contribution in [2.75, 3.05) is 6.54 Å². The molecule has 2 heteroatoms. The van der Waals surface area contributed by atoms with Crippen LogP contribution in [0.2, 0.25) is 0 Å². The number of rotatable bonds is 3. The lowest BCUT2D eigenvalue weighted by Gasteiger charge is -2.34. The summed E-state index contributed by atoms with van der Waals surface area (Å²) >= 11 is 0. The highest BCUT2D eigenvalue weighted by molar-refractivity contribution is 5.20. The molecule has 0 radical (unpaired) electrons. The van der Waals surface area contributed by atoms with Gasteiger partial charge in [-0.1, -0.05) is 43.2 Å². The quantitative estimate of drug-likeness (QED) is 0.803. The van der Waals surface area contributed by atoms with Crippen LogP contribution in [0, 0.1) is 11.3 Å². The zero-order chi connectivity index (χ0) is 12.8. The Kier molecular flexibility index (Phi) is 4.78. The zero-order valence-corrected chi connectivity index (χ0v) is 11.2. The van der Waals surface area contributed by atoms with E-state index in [4.69, 9.17) is 5.26 Å². The second-order valence-corrected chi connectivity index (χ2v) is 5.22. The summed E-state index contributed by atoms with van der Waals surface area (Å²) in [5.41, 5.74) is 1.28. The fourth-order valence-electron chi connectivity index (χ4n) is 2.95. The molecule has 2 rings (SSSR count). The Bertz CT molecular complexity index is 393. The lowest BCUT2D eigenvalue weighted by molar-refractivity contribution is 0.148. The summed E-state index contributed by atoms with van der Waals surface area (Å²) in [6.45, 7) is 3.43. The monoisotopic (exact) mass is 242 g/mol.